The van der Waals surface area contributed by atoms with Crippen molar-refractivity contribution in [2.75, 3.05) is 14.1 Å². The third-order valence-corrected chi connectivity index (χ3v) is 8.38. The molecule has 0 saturated carbocycles. The van der Waals surface area contributed by atoms with E-state index in [0.29, 0.717) is 46.6 Å². The van der Waals surface area contributed by atoms with E-state index >= 15 is 0 Å². The molecule has 194 valence electrons. The zero-order chi connectivity index (χ0) is 26.4. The lowest BCUT2D eigenvalue weighted by atomic mass is 9.81. The Bertz CT molecular complexity index is 1560. The fourth-order valence-electron chi connectivity index (χ4n) is 6.63. The van der Waals surface area contributed by atoms with Crippen molar-refractivity contribution in [2.45, 2.75) is 77.9 Å². The summed E-state index contributed by atoms with van der Waals surface area (Å²) in [5, 5.41) is 1.01. The van der Waals surface area contributed by atoms with Crippen molar-refractivity contribution in [3.8, 4) is 11.4 Å². The van der Waals surface area contributed by atoms with E-state index in [9.17, 15) is 14.0 Å². The van der Waals surface area contributed by atoms with Crippen LogP contribution in [0.3, 0.4) is 0 Å². The van der Waals surface area contributed by atoms with Crippen molar-refractivity contribution in [3.63, 3.8) is 0 Å². The van der Waals surface area contributed by atoms with Crippen LogP contribution >= 0.6 is 0 Å². The summed E-state index contributed by atoms with van der Waals surface area (Å²) >= 11 is 0. The number of carbonyl (C=O) groups excluding carboxylic acids is 1. The fraction of sp³-hybridized carbons (Fsp3) is 0.483. The molecule has 0 N–H and O–H groups in total. The molecule has 1 aromatic carbocycles. The average Bonchev–Trinajstić information content (AvgIpc) is 3.22. The second kappa shape index (κ2) is 8.20. The molecule has 0 spiro atoms. The third kappa shape index (κ3) is 3.21. The number of aromatic nitrogens is 2. The van der Waals surface area contributed by atoms with Crippen molar-refractivity contribution >= 4 is 16.9 Å². The number of ether oxygens (including phenoxy) is 2. The highest BCUT2D eigenvalue weighted by Gasteiger charge is 2.49. The molecular weight excluding hydrogens is 473 g/mol. The fourth-order valence-corrected chi connectivity index (χ4v) is 6.63. The first-order valence-electron chi connectivity index (χ1n) is 13.0. The lowest BCUT2D eigenvalue weighted by Gasteiger charge is -2.37. The Morgan fingerprint density at radius 1 is 1.24 bits per heavy atom. The minimum atomic E-state index is -1.35. The second-order valence-electron chi connectivity index (χ2n) is 11.0. The van der Waals surface area contributed by atoms with Gasteiger partial charge in [0.15, 0.2) is 5.60 Å². The van der Waals surface area contributed by atoms with Gasteiger partial charge in [0.1, 0.15) is 12.4 Å². The maximum absolute atomic E-state index is 15.0. The zero-order valence-corrected chi connectivity index (χ0v) is 22.2. The largest absolute Gasteiger partial charge is 0.458 e. The number of benzene rings is 1. The van der Waals surface area contributed by atoms with Crippen LogP contribution in [0.15, 0.2) is 16.9 Å². The highest BCUT2D eigenvalue weighted by molar-refractivity contribution is 5.93. The van der Waals surface area contributed by atoms with Gasteiger partial charge >= 0.3 is 5.97 Å². The van der Waals surface area contributed by atoms with Gasteiger partial charge in [0.2, 0.25) is 0 Å². The van der Waals surface area contributed by atoms with Crippen LogP contribution in [-0.4, -0.2) is 40.6 Å². The number of hydrogen-bond donors (Lipinski definition) is 0. The molecule has 4 heterocycles. The van der Waals surface area contributed by atoms with Gasteiger partial charge in [-0.15, -0.1) is 0 Å². The molecule has 8 heteroatoms. The van der Waals surface area contributed by atoms with Crippen molar-refractivity contribution in [1.29, 1.82) is 0 Å². The lowest BCUT2D eigenvalue weighted by Crippen LogP contribution is -2.47. The van der Waals surface area contributed by atoms with Gasteiger partial charge < -0.3 is 18.9 Å². The van der Waals surface area contributed by atoms with Gasteiger partial charge in [-0.25, -0.2) is 14.2 Å². The van der Waals surface area contributed by atoms with Gasteiger partial charge in [0, 0.05) is 28.6 Å². The number of rotatable bonds is 4. The average molecular weight is 506 g/mol. The number of carbonyl (C=O) groups is 1. The number of fused-ring (bicyclic) bond motifs is 5. The maximum Gasteiger partial charge on any atom is 0.343 e. The third-order valence-electron chi connectivity index (χ3n) is 8.38. The summed E-state index contributed by atoms with van der Waals surface area (Å²) in [6.07, 6.45) is 1.72. The Labute approximate surface area is 215 Å². The summed E-state index contributed by atoms with van der Waals surface area (Å²) in [7, 11) is 4.11. The van der Waals surface area contributed by atoms with Crippen LogP contribution in [-0.2, 0) is 39.4 Å². The van der Waals surface area contributed by atoms with Gasteiger partial charge in [-0.1, -0.05) is 6.92 Å². The predicted molar refractivity (Wildman–Crippen MR) is 138 cm³/mol. The van der Waals surface area contributed by atoms with E-state index in [2.05, 4.69) is 19.0 Å². The van der Waals surface area contributed by atoms with E-state index in [0.717, 1.165) is 34.9 Å². The number of esters is 1. The second-order valence-corrected chi connectivity index (χ2v) is 11.0. The molecule has 2 aliphatic heterocycles. The molecule has 0 unspecified atom stereocenters. The van der Waals surface area contributed by atoms with E-state index in [1.165, 1.54) is 6.07 Å². The van der Waals surface area contributed by atoms with E-state index in [-0.39, 0.29) is 30.1 Å². The first kappa shape index (κ1) is 24.2. The summed E-state index contributed by atoms with van der Waals surface area (Å²) in [6.45, 7) is 7.73. The van der Waals surface area contributed by atoms with E-state index in [1.807, 2.05) is 33.8 Å². The van der Waals surface area contributed by atoms with Gasteiger partial charge in [0.25, 0.3) is 5.56 Å². The van der Waals surface area contributed by atoms with Gasteiger partial charge in [-0.3, -0.25) is 4.79 Å². The Hall–Kier alpha value is -3.10. The molecule has 0 radical (unpaired) electrons. The standard InChI is InChI=1S/C29H32FN3O4/c1-7-29(37-14(2)3)19-10-23-26-17(12-33(23)27(34)18(19)13-36-28(29)35)25-22(32(5)6)9-8-16-15(4)20(30)11-21(31-26)24(16)25/h10-11,14,22H,7-9,12-13H2,1-6H3/t22-,29-/m0/s1. The molecule has 3 aromatic rings. The normalized spacial score (nSPS) is 21.9. The molecule has 0 fully saturated rings. The molecule has 0 bridgehead atoms. The first-order chi connectivity index (χ1) is 17.6. The lowest BCUT2D eigenvalue weighted by molar-refractivity contribution is -0.187. The number of cyclic esters (lactones) is 1. The molecular formula is C29H32FN3O4. The van der Waals surface area contributed by atoms with Crippen molar-refractivity contribution in [1.82, 2.24) is 14.5 Å². The SMILES string of the molecule is CC[C@@]1(OC(C)C)C(=O)OCc2c1cc1n(c2=O)Cc2c-1nc1cc(F)c(C)c3c1c2[C@@H](N(C)C)CC3. The van der Waals surface area contributed by atoms with Crippen molar-refractivity contribution in [3.05, 3.63) is 61.7 Å². The van der Waals surface area contributed by atoms with Gasteiger partial charge in [-0.05, 0) is 76.9 Å². The van der Waals surface area contributed by atoms with Crippen molar-refractivity contribution in [2.24, 2.45) is 0 Å². The van der Waals surface area contributed by atoms with Gasteiger partial charge in [-0.2, -0.15) is 0 Å². The topological polar surface area (TPSA) is 73.7 Å². The zero-order valence-electron chi connectivity index (χ0n) is 22.2. The highest BCUT2D eigenvalue weighted by Crippen LogP contribution is 2.47. The summed E-state index contributed by atoms with van der Waals surface area (Å²) in [6, 6.07) is 3.53. The number of pyridine rings is 2. The van der Waals surface area contributed by atoms with Crippen LogP contribution in [0, 0.1) is 12.7 Å². The van der Waals surface area contributed by atoms with Crippen LogP contribution in [0.25, 0.3) is 22.3 Å². The Balaban J connectivity index is 1.68. The Morgan fingerprint density at radius 3 is 2.68 bits per heavy atom. The quantitative estimate of drug-likeness (QED) is 0.380. The summed E-state index contributed by atoms with van der Waals surface area (Å²) < 4.78 is 28.4. The minimum absolute atomic E-state index is 0.0794. The highest BCUT2D eigenvalue weighted by atomic mass is 19.1. The molecule has 3 aliphatic rings. The number of nitrogens with zero attached hydrogens (tertiary/aromatic N) is 3. The smallest absolute Gasteiger partial charge is 0.343 e. The first-order valence-corrected chi connectivity index (χ1v) is 13.0. The van der Waals surface area contributed by atoms with Crippen LogP contribution in [0.5, 0.6) is 0 Å². The van der Waals surface area contributed by atoms with Crippen LogP contribution < -0.4 is 5.56 Å². The summed E-state index contributed by atoms with van der Waals surface area (Å²) in [5.74, 6) is -0.738. The van der Waals surface area contributed by atoms with E-state index in [4.69, 9.17) is 14.5 Å². The van der Waals surface area contributed by atoms with E-state index in [1.54, 1.807) is 4.57 Å². The molecule has 0 amide bonds. The van der Waals surface area contributed by atoms with E-state index < -0.39 is 11.6 Å². The monoisotopic (exact) mass is 505 g/mol. The molecule has 37 heavy (non-hydrogen) atoms. The van der Waals surface area contributed by atoms with Gasteiger partial charge in [0.05, 0.1) is 35.1 Å². The predicted octanol–water partition coefficient (Wildman–Crippen LogP) is 4.51. The number of halogens is 1. The van der Waals surface area contributed by atoms with Crippen LogP contribution in [0.4, 0.5) is 4.39 Å². The van der Waals surface area contributed by atoms with Crippen LogP contribution in [0.2, 0.25) is 0 Å². The van der Waals surface area contributed by atoms with Crippen LogP contribution in [0.1, 0.15) is 73.0 Å². The molecule has 7 nitrogen and oxygen atoms in total. The minimum Gasteiger partial charge on any atom is -0.458 e. The molecule has 1 aliphatic carbocycles. The number of aryl methyl sites for hydroxylation is 1. The molecule has 6 rings (SSSR count). The molecule has 0 saturated heterocycles. The van der Waals surface area contributed by atoms with Crippen molar-refractivity contribution < 1.29 is 18.7 Å². The number of hydrogen-bond acceptors (Lipinski definition) is 6. The Kier molecular flexibility index (Phi) is 5.37. The molecule has 2 atom stereocenters. The summed E-state index contributed by atoms with van der Waals surface area (Å²) in [5.41, 5.74) is 5.19. The molecule has 2 aromatic heterocycles. The Morgan fingerprint density at radius 2 is 2.00 bits per heavy atom. The summed E-state index contributed by atoms with van der Waals surface area (Å²) in [4.78, 5) is 34.1. The maximum atomic E-state index is 15.0.